The molecule has 2 nitrogen and oxygen atoms in total. The fourth-order valence-electron chi connectivity index (χ4n) is 2.50. The zero-order valence-corrected chi connectivity index (χ0v) is 11.5. The molecule has 1 N–H and O–H groups in total. The summed E-state index contributed by atoms with van der Waals surface area (Å²) in [6.07, 6.45) is 1.72. The van der Waals surface area contributed by atoms with Crippen molar-refractivity contribution in [3.05, 3.63) is 77.5 Å². The molecule has 1 atom stereocenters. The fraction of sp³-hybridized carbons (Fsp3) is 0.118. The monoisotopic (exact) mass is 284 g/mol. The number of hydrogen-bond donors (Lipinski definition) is 1. The molecule has 1 unspecified atom stereocenters. The number of aromatic nitrogens is 1. The van der Waals surface area contributed by atoms with Crippen LogP contribution in [0.1, 0.15) is 17.2 Å². The van der Waals surface area contributed by atoms with Gasteiger partial charge in [0.1, 0.15) is 11.6 Å². The molecule has 0 saturated heterocycles. The largest absolute Gasteiger partial charge is 0.309 e. The smallest absolute Gasteiger partial charge is 0.131 e. The van der Waals surface area contributed by atoms with Crippen molar-refractivity contribution in [2.75, 3.05) is 7.05 Å². The lowest BCUT2D eigenvalue weighted by Gasteiger charge is -2.18. The normalized spacial score (nSPS) is 12.5. The van der Waals surface area contributed by atoms with Gasteiger partial charge >= 0.3 is 0 Å². The molecule has 0 amide bonds. The number of fused-ring (bicyclic) bond motifs is 1. The molecule has 0 aliphatic heterocycles. The average molecular weight is 284 g/mol. The van der Waals surface area contributed by atoms with Crippen molar-refractivity contribution >= 4 is 10.9 Å². The summed E-state index contributed by atoms with van der Waals surface area (Å²) in [6.45, 7) is 0. The third-order valence-corrected chi connectivity index (χ3v) is 3.53. The number of pyridine rings is 1. The van der Waals surface area contributed by atoms with E-state index in [0.717, 1.165) is 22.5 Å². The van der Waals surface area contributed by atoms with Crippen LogP contribution in [0.2, 0.25) is 0 Å². The highest BCUT2D eigenvalue weighted by atomic mass is 19.1. The summed E-state index contributed by atoms with van der Waals surface area (Å²) in [4.78, 5) is 4.31. The van der Waals surface area contributed by atoms with Crippen molar-refractivity contribution in [3.63, 3.8) is 0 Å². The zero-order chi connectivity index (χ0) is 14.8. The quantitative estimate of drug-likeness (QED) is 0.791. The summed E-state index contributed by atoms with van der Waals surface area (Å²) in [5.74, 6) is -1.14. The summed E-state index contributed by atoms with van der Waals surface area (Å²) in [7, 11) is 1.75. The molecule has 3 aromatic rings. The second-order valence-corrected chi connectivity index (χ2v) is 4.84. The number of rotatable bonds is 3. The van der Waals surface area contributed by atoms with E-state index in [2.05, 4.69) is 10.3 Å². The second-order valence-electron chi connectivity index (χ2n) is 4.84. The van der Waals surface area contributed by atoms with Crippen molar-refractivity contribution < 1.29 is 8.78 Å². The van der Waals surface area contributed by atoms with Crippen LogP contribution in [0.15, 0.2) is 54.7 Å². The first-order chi connectivity index (χ1) is 10.2. The number of benzene rings is 2. The van der Waals surface area contributed by atoms with E-state index in [1.807, 2.05) is 30.3 Å². The maximum atomic E-state index is 14.0. The Morgan fingerprint density at radius 2 is 1.90 bits per heavy atom. The van der Waals surface area contributed by atoms with E-state index < -0.39 is 11.6 Å². The molecule has 4 heteroatoms. The molecule has 0 bridgehead atoms. The Morgan fingerprint density at radius 1 is 1.05 bits per heavy atom. The van der Waals surface area contributed by atoms with Crippen LogP contribution in [0, 0.1) is 11.6 Å². The topological polar surface area (TPSA) is 24.9 Å². The first-order valence-corrected chi connectivity index (χ1v) is 6.66. The maximum Gasteiger partial charge on any atom is 0.131 e. The zero-order valence-electron chi connectivity index (χ0n) is 11.5. The van der Waals surface area contributed by atoms with Gasteiger partial charge < -0.3 is 5.32 Å². The molecule has 0 aliphatic carbocycles. The van der Waals surface area contributed by atoms with Crippen LogP contribution in [0.5, 0.6) is 0 Å². The standard InChI is InChI=1S/C17H14F2N2/c1-20-17(14-7-6-13(18)10-15(14)19)12-5-4-11-3-2-8-21-16(11)9-12/h2-10,17,20H,1H3. The first-order valence-electron chi connectivity index (χ1n) is 6.66. The van der Waals surface area contributed by atoms with E-state index in [-0.39, 0.29) is 6.04 Å². The lowest BCUT2D eigenvalue weighted by atomic mass is 9.97. The van der Waals surface area contributed by atoms with Gasteiger partial charge in [0.25, 0.3) is 0 Å². The van der Waals surface area contributed by atoms with Crippen LogP contribution in [0.4, 0.5) is 8.78 Å². The Labute approximate surface area is 121 Å². The van der Waals surface area contributed by atoms with Crippen LogP contribution in [0.3, 0.4) is 0 Å². The molecule has 1 heterocycles. The van der Waals surface area contributed by atoms with Crippen LogP contribution < -0.4 is 5.32 Å². The number of hydrogen-bond acceptors (Lipinski definition) is 2. The van der Waals surface area contributed by atoms with E-state index in [1.54, 1.807) is 13.2 Å². The molecule has 2 aromatic carbocycles. The summed E-state index contributed by atoms with van der Waals surface area (Å²) >= 11 is 0. The molecular formula is C17H14F2N2. The van der Waals surface area contributed by atoms with E-state index in [4.69, 9.17) is 0 Å². The van der Waals surface area contributed by atoms with Gasteiger partial charge in [0.05, 0.1) is 11.6 Å². The Balaban J connectivity index is 2.09. The lowest BCUT2D eigenvalue weighted by molar-refractivity contribution is 0.552. The summed E-state index contributed by atoms with van der Waals surface area (Å²) in [5, 5.41) is 4.09. The Morgan fingerprint density at radius 3 is 2.67 bits per heavy atom. The summed E-state index contributed by atoms with van der Waals surface area (Å²) in [5.41, 5.74) is 2.14. The van der Waals surface area contributed by atoms with Crippen LogP contribution in [0.25, 0.3) is 10.9 Å². The van der Waals surface area contributed by atoms with Gasteiger partial charge in [0, 0.05) is 23.2 Å². The molecule has 0 fully saturated rings. The van der Waals surface area contributed by atoms with Gasteiger partial charge in [0.15, 0.2) is 0 Å². The molecule has 21 heavy (non-hydrogen) atoms. The molecule has 1 aromatic heterocycles. The molecule has 0 radical (unpaired) electrons. The molecule has 0 spiro atoms. The van der Waals surface area contributed by atoms with Crippen LogP contribution >= 0.6 is 0 Å². The van der Waals surface area contributed by atoms with Gasteiger partial charge in [-0.05, 0) is 30.8 Å². The number of nitrogens with zero attached hydrogens (tertiary/aromatic N) is 1. The Hall–Kier alpha value is -2.33. The minimum absolute atomic E-state index is 0.350. The van der Waals surface area contributed by atoms with Crippen molar-refractivity contribution in [2.45, 2.75) is 6.04 Å². The van der Waals surface area contributed by atoms with E-state index >= 15 is 0 Å². The number of nitrogens with one attached hydrogen (secondary N) is 1. The third kappa shape index (κ3) is 2.62. The van der Waals surface area contributed by atoms with Crippen LogP contribution in [-0.4, -0.2) is 12.0 Å². The van der Waals surface area contributed by atoms with Gasteiger partial charge in [-0.25, -0.2) is 8.78 Å². The van der Waals surface area contributed by atoms with Gasteiger partial charge in [-0.15, -0.1) is 0 Å². The van der Waals surface area contributed by atoms with Gasteiger partial charge in [-0.3, -0.25) is 4.98 Å². The van der Waals surface area contributed by atoms with Gasteiger partial charge in [-0.2, -0.15) is 0 Å². The van der Waals surface area contributed by atoms with Gasteiger partial charge in [-0.1, -0.05) is 24.3 Å². The second kappa shape index (κ2) is 5.58. The van der Waals surface area contributed by atoms with E-state index in [1.165, 1.54) is 12.1 Å². The molecule has 106 valence electrons. The minimum atomic E-state index is -0.578. The van der Waals surface area contributed by atoms with E-state index in [0.29, 0.717) is 5.56 Å². The Bertz CT molecular complexity index is 787. The molecule has 0 saturated carbocycles. The average Bonchev–Trinajstić information content (AvgIpc) is 2.50. The summed E-state index contributed by atoms with van der Waals surface area (Å²) in [6, 6.07) is 12.9. The maximum absolute atomic E-state index is 14.0. The Kier molecular flexibility index (Phi) is 3.62. The van der Waals surface area contributed by atoms with E-state index in [9.17, 15) is 8.78 Å². The highest BCUT2D eigenvalue weighted by Gasteiger charge is 2.17. The highest BCUT2D eigenvalue weighted by Crippen LogP contribution is 2.26. The first kappa shape index (κ1) is 13.6. The molecule has 3 rings (SSSR count). The SMILES string of the molecule is CNC(c1ccc2cccnc2c1)c1ccc(F)cc1F. The van der Waals surface area contributed by atoms with Crippen molar-refractivity contribution in [1.29, 1.82) is 0 Å². The summed E-state index contributed by atoms with van der Waals surface area (Å²) < 4.78 is 27.0. The molecular weight excluding hydrogens is 270 g/mol. The minimum Gasteiger partial charge on any atom is -0.309 e. The van der Waals surface area contributed by atoms with Crippen molar-refractivity contribution in [1.82, 2.24) is 10.3 Å². The highest BCUT2D eigenvalue weighted by molar-refractivity contribution is 5.79. The lowest BCUT2D eigenvalue weighted by Crippen LogP contribution is -2.19. The van der Waals surface area contributed by atoms with Crippen molar-refractivity contribution in [3.8, 4) is 0 Å². The van der Waals surface area contributed by atoms with Crippen LogP contribution in [-0.2, 0) is 0 Å². The third-order valence-electron chi connectivity index (χ3n) is 3.53. The predicted octanol–water partition coefficient (Wildman–Crippen LogP) is 3.82. The number of halogens is 2. The fourth-order valence-corrected chi connectivity index (χ4v) is 2.50. The van der Waals surface area contributed by atoms with Gasteiger partial charge in [0.2, 0.25) is 0 Å². The predicted molar refractivity (Wildman–Crippen MR) is 79.0 cm³/mol. The molecule has 0 aliphatic rings. The van der Waals surface area contributed by atoms with Crippen molar-refractivity contribution in [2.24, 2.45) is 0 Å².